The molecule has 1 aromatic rings. The van der Waals surface area contributed by atoms with Gasteiger partial charge in [0.15, 0.2) is 5.41 Å². The van der Waals surface area contributed by atoms with Crippen LogP contribution < -0.4 is 4.74 Å². The first-order valence-electron chi connectivity index (χ1n) is 11.7. The van der Waals surface area contributed by atoms with Crippen LogP contribution in [0.2, 0.25) is 0 Å². The van der Waals surface area contributed by atoms with Gasteiger partial charge in [0.1, 0.15) is 11.4 Å². The summed E-state index contributed by atoms with van der Waals surface area (Å²) in [7, 11) is 0. The molecule has 3 fully saturated rings. The molecule has 5 rings (SSSR count). The molecule has 2 amide bonds. The van der Waals surface area contributed by atoms with Gasteiger partial charge in [-0.15, -0.1) is 0 Å². The highest BCUT2D eigenvalue weighted by Gasteiger charge is 2.78. The van der Waals surface area contributed by atoms with Gasteiger partial charge in [-0.05, 0) is 31.2 Å². The van der Waals surface area contributed by atoms with Gasteiger partial charge in [0.2, 0.25) is 11.8 Å². The average Bonchev–Trinajstić information content (AvgIpc) is 3.39. The van der Waals surface area contributed by atoms with Crippen molar-refractivity contribution >= 4 is 11.8 Å². The molecule has 0 saturated carbocycles. The van der Waals surface area contributed by atoms with E-state index in [1.165, 1.54) is 19.1 Å². The molecule has 11 heteroatoms. The number of carbonyl (C=O) groups is 2. The van der Waals surface area contributed by atoms with Crippen LogP contribution in [0.3, 0.4) is 0 Å². The molecule has 8 nitrogen and oxygen atoms in total. The highest BCUT2D eigenvalue weighted by molar-refractivity contribution is 6.08. The van der Waals surface area contributed by atoms with Crippen molar-refractivity contribution in [1.82, 2.24) is 4.90 Å². The fraction of sp³-hybridized carbons (Fsp3) is 0.462. The number of likely N-dealkylation sites (tertiary alicyclic amines) is 1. The number of hydrogen-bond acceptors (Lipinski definition) is 7. The Morgan fingerprint density at radius 2 is 1.84 bits per heavy atom. The molecular weight excluding hydrogens is 491 g/mol. The Hall–Kier alpha value is -3.67. The summed E-state index contributed by atoms with van der Waals surface area (Å²) in [5.41, 5.74) is -5.48. The first-order chi connectivity index (χ1) is 17.4. The highest BCUT2D eigenvalue weighted by Crippen LogP contribution is 2.63. The maximum Gasteiger partial charge on any atom is 0.412 e. The van der Waals surface area contributed by atoms with Crippen LogP contribution in [-0.2, 0) is 14.3 Å². The SMILES string of the molecule is CC12OC(CCOc3ccc(C#N)cc3)(CC1O)C1C(=O)N(C3C=CC=CC3(C#N)C(F)(F)F)C(=O)C12. The number of imide groups is 1. The lowest BCUT2D eigenvalue weighted by Gasteiger charge is -2.39. The third-order valence-electron chi connectivity index (χ3n) is 8.09. The van der Waals surface area contributed by atoms with Crippen molar-refractivity contribution < 1.29 is 37.3 Å². The molecule has 0 aromatic heterocycles. The van der Waals surface area contributed by atoms with E-state index in [4.69, 9.17) is 14.7 Å². The molecule has 37 heavy (non-hydrogen) atoms. The van der Waals surface area contributed by atoms with Crippen molar-refractivity contribution in [2.24, 2.45) is 17.3 Å². The molecule has 1 aliphatic carbocycles. The molecule has 7 atom stereocenters. The van der Waals surface area contributed by atoms with Gasteiger partial charge in [0, 0.05) is 12.8 Å². The van der Waals surface area contributed by atoms with Crippen molar-refractivity contribution in [2.75, 3.05) is 6.61 Å². The standard InChI is InChI=1S/C26H22F3N3O5/c1-23-18(33)12-25(37-23,10-11-36-16-7-5-15(13-30)6-8-16)20-19(23)21(34)32(22(20)35)17-4-2-3-9-24(17,14-31)26(27,28)29/h2-9,17-20,33H,10-12H2,1H3. The molecule has 4 aliphatic rings. The first-order valence-corrected chi connectivity index (χ1v) is 11.7. The lowest BCUT2D eigenvalue weighted by atomic mass is 9.66. The van der Waals surface area contributed by atoms with E-state index < -0.39 is 58.6 Å². The molecule has 192 valence electrons. The van der Waals surface area contributed by atoms with Crippen LogP contribution in [0.4, 0.5) is 13.2 Å². The fourth-order valence-corrected chi connectivity index (χ4v) is 6.23. The number of aliphatic hydroxyl groups is 1. The zero-order valence-corrected chi connectivity index (χ0v) is 19.6. The average molecular weight is 513 g/mol. The minimum absolute atomic E-state index is 0.00265. The molecular formula is C26H22F3N3O5. The Morgan fingerprint density at radius 1 is 1.16 bits per heavy atom. The van der Waals surface area contributed by atoms with Gasteiger partial charge in [0.25, 0.3) is 0 Å². The number of carbonyl (C=O) groups excluding carboxylic acids is 2. The van der Waals surface area contributed by atoms with Gasteiger partial charge in [-0.25, -0.2) is 0 Å². The molecule has 3 saturated heterocycles. The van der Waals surface area contributed by atoms with E-state index in [1.807, 2.05) is 6.07 Å². The van der Waals surface area contributed by atoms with Gasteiger partial charge in [-0.3, -0.25) is 14.5 Å². The second-order valence-corrected chi connectivity index (χ2v) is 9.97. The quantitative estimate of drug-likeness (QED) is 0.601. The minimum Gasteiger partial charge on any atom is -0.493 e. The van der Waals surface area contributed by atoms with Crippen LogP contribution >= 0.6 is 0 Å². The molecule has 1 aromatic carbocycles. The summed E-state index contributed by atoms with van der Waals surface area (Å²) in [5, 5.41) is 29.3. The van der Waals surface area contributed by atoms with E-state index in [2.05, 4.69) is 0 Å². The van der Waals surface area contributed by atoms with Crippen molar-refractivity contribution in [2.45, 2.75) is 49.3 Å². The van der Waals surface area contributed by atoms with Crippen LogP contribution in [0.25, 0.3) is 0 Å². The van der Waals surface area contributed by atoms with Crippen molar-refractivity contribution in [3.05, 3.63) is 54.1 Å². The third kappa shape index (κ3) is 3.34. The number of benzene rings is 1. The zero-order valence-electron chi connectivity index (χ0n) is 19.6. The van der Waals surface area contributed by atoms with Gasteiger partial charge < -0.3 is 14.6 Å². The molecule has 7 unspecified atom stereocenters. The van der Waals surface area contributed by atoms with Crippen molar-refractivity contribution in [1.29, 1.82) is 10.5 Å². The van der Waals surface area contributed by atoms with Crippen LogP contribution in [0.1, 0.15) is 25.3 Å². The van der Waals surface area contributed by atoms with Crippen LogP contribution in [0.5, 0.6) is 5.75 Å². The number of aliphatic hydroxyl groups excluding tert-OH is 1. The first kappa shape index (κ1) is 25.0. The maximum atomic E-state index is 14.1. The minimum atomic E-state index is -5.06. The number of nitrogens with zero attached hydrogens (tertiary/aromatic N) is 3. The molecule has 1 N–H and O–H groups in total. The smallest absolute Gasteiger partial charge is 0.412 e. The second kappa shape index (κ2) is 8.17. The number of rotatable bonds is 5. The largest absolute Gasteiger partial charge is 0.493 e. The van der Waals surface area contributed by atoms with Crippen LogP contribution in [0, 0.1) is 39.9 Å². The Bertz CT molecular complexity index is 1300. The topological polar surface area (TPSA) is 124 Å². The lowest BCUT2D eigenvalue weighted by Crippen LogP contribution is -2.57. The molecule has 3 aliphatic heterocycles. The normalized spacial score (nSPS) is 38.0. The van der Waals surface area contributed by atoms with E-state index in [1.54, 1.807) is 24.3 Å². The summed E-state index contributed by atoms with van der Waals surface area (Å²) < 4.78 is 54.3. The number of alkyl halides is 3. The Balaban J connectivity index is 1.45. The number of nitriles is 2. The summed E-state index contributed by atoms with van der Waals surface area (Å²) >= 11 is 0. The number of halogens is 3. The summed E-state index contributed by atoms with van der Waals surface area (Å²) in [6, 6.07) is 7.71. The zero-order chi connectivity index (χ0) is 26.8. The molecule has 3 heterocycles. The van der Waals surface area contributed by atoms with Crippen molar-refractivity contribution in [3.63, 3.8) is 0 Å². The van der Waals surface area contributed by atoms with Crippen LogP contribution in [0.15, 0.2) is 48.6 Å². The number of hydrogen-bond donors (Lipinski definition) is 1. The van der Waals surface area contributed by atoms with Gasteiger partial charge in [0.05, 0.1) is 53.9 Å². The van der Waals surface area contributed by atoms with E-state index >= 15 is 0 Å². The monoisotopic (exact) mass is 513 g/mol. The predicted molar refractivity (Wildman–Crippen MR) is 119 cm³/mol. The summed E-state index contributed by atoms with van der Waals surface area (Å²) in [4.78, 5) is 27.8. The number of ether oxygens (including phenoxy) is 2. The summed E-state index contributed by atoms with van der Waals surface area (Å²) in [5.74, 6) is -3.66. The van der Waals surface area contributed by atoms with E-state index in [0.29, 0.717) is 22.3 Å². The van der Waals surface area contributed by atoms with Crippen molar-refractivity contribution in [3.8, 4) is 17.9 Å². The molecule has 2 bridgehead atoms. The molecule has 0 spiro atoms. The Morgan fingerprint density at radius 3 is 2.46 bits per heavy atom. The van der Waals surface area contributed by atoms with E-state index in [-0.39, 0.29) is 19.4 Å². The Kier molecular flexibility index (Phi) is 5.52. The van der Waals surface area contributed by atoms with Gasteiger partial charge in [-0.1, -0.05) is 24.3 Å². The Labute approximate surface area is 210 Å². The third-order valence-corrected chi connectivity index (χ3v) is 8.09. The molecule has 0 radical (unpaired) electrons. The van der Waals surface area contributed by atoms with Gasteiger partial charge >= 0.3 is 6.18 Å². The number of allylic oxidation sites excluding steroid dienone is 2. The van der Waals surface area contributed by atoms with Crippen LogP contribution in [-0.4, -0.2) is 58.0 Å². The van der Waals surface area contributed by atoms with E-state index in [9.17, 15) is 33.1 Å². The number of fused-ring (bicyclic) bond motifs is 5. The fourth-order valence-electron chi connectivity index (χ4n) is 6.23. The second-order valence-electron chi connectivity index (χ2n) is 9.97. The lowest BCUT2D eigenvalue weighted by molar-refractivity contribution is -0.201. The highest BCUT2D eigenvalue weighted by atomic mass is 19.4. The van der Waals surface area contributed by atoms with Gasteiger partial charge in [-0.2, -0.15) is 23.7 Å². The number of amides is 2. The predicted octanol–water partition coefficient (Wildman–Crippen LogP) is 2.79. The van der Waals surface area contributed by atoms with E-state index in [0.717, 1.165) is 12.2 Å². The summed E-state index contributed by atoms with van der Waals surface area (Å²) in [6.45, 7) is 1.51. The summed E-state index contributed by atoms with van der Waals surface area (Å²) in [6.07, 6.45) is -2.08. The maximum absolute atomic E-state index is 14.1.